The standard InChI is InChI=1S/C32H59N9O9/c1-2-3-8-35-32(50)26(33)5-4-9-34-27(42)20-37-10-6-25(7-11-37)36-28(43)21-38-12-14-39(22-29(44)45)16-18-41(24-31(48)49)19-17-40(15-13-38)23-30(46)47/h25-26H,2-24,33H2,1H3,(H,34,42)(H,35,50)(H,36,43)(H,44,45)(H,46,47)(H,48,49)/t26-/m1/s1. The van der Waals surface area contributed by atoms with Crippen LogP contribution in [-0.4, -0.2) is 199 Å². The number of nitrogens with one attached hydrogen (secondary N) is 3. The number of likely N-dealkylation sites (tertiary alicyclic amines) is 1. The van der Waals surface area contributed by atoms with Crippen molar-refractivity contribution in [3.8, 4) is 0 Å². The van der Waals surface area contributed by atoms with Crippen LogP contribution in [0.25, 0.3) is 0 Å². The van der Waals surface area contributed by atoms with Crippen molar-refractivity contribution in [2.75, 3.05) is 111 Å². The minimum Gasteiger partial charge on any atom is -0.480 e. The summed E-state index contributed by atoms with van der Waals surface area (Å²) in [6.45, 7) is 6.59. The minimum atomic E-state index is -1.02. The van der Waals surface area contributed by atoms with Gasteiger partial charge in [-0.3, -0.25) is 53.3 Å². The van der Waals surface area contributed by atoms with Crippen LogP contribution in [0.4, 0.5) is 0 Å². The second-order valence-electron chi connectivity index (χ2n) is 13.1. The molecule has 0 aromatic heterocycles. The first kappa shape index (κ1) is 42.7. The summed E-state index contributed by atoms with van der Waals surface area (Å²) in [6.07, 6.45) is 4.32. The Hall–Kier alpha value is -3.42. The van der Waals surface area contributed by atoms with Crippen molar-refractivity contribution in [2.24, 2.45) is 5.73 Å². The van der Waals surface area contributed by atoms with E-state index in [1.165, 1.54) is 0 Å². The summed E-state index contributed by atoms with van der Waals surface area (Å²) in [7, 11) is 0. The van der Waals surface area contributed by atoms with Crippen molar-refractivity contribution in [3.63, 3.8) is 0 Å². The Labute approximate surface area is 294 Å². The number of carbonyl (C=O) groups excluding carboxylic acids is 3. The maximum Gasteiger partial charge on any atom is 0.317 e. The number of piperidine rings is 1. The highest BCUT2D eigenvalue weighted by Gasteiger charge is 2.25. The molecule has 2 saturated heterocycles. The smallest absolute Gasteiger partial charge is 0.317 e. The fourth-order valence-corrected chi connectivity index (χ4v) is 5.96. The summed E-state index contributed by atoms with van der Waals surface area (Å²) in [4.78, 5) is 81.0. The molecule has 3 amide bonds. The third-order valence-corrected chi connectivity index (χ3v) is 8.87. The molecule has 2 aliphatic rings. The van der Waals surface area contributed by atoms with Crippen molar-refractivity contribution in [1.29, 1.82) is 0 Å². The van der Waals surface area contributed by atoms with Crippen LogP contribution in [0.2, 0.25) is 0 Å². The van der Waals surface area contributed by atoms with E-state index in [1.807, 2.05) is 16.7 Å². The van der Waals surface area contributed by atoms with E-state index in [0.717, 1.165) is 12.8 Å². The molecule has 0 saturated carbocycles. The van der Waals surface area contributed by atoms with Crippen LogP contribution in [0, 0.1) is 0 Å². The van der Waals surface area contributed by atoms with Crippen LogP contribution in [0.3, 0.4) is 0 Å². The Bertz CT molecular complexity index is 1060. The second kappa shape index (κ2) is 23.9. The lowest BCUT2D eigenvalue weighted by Crippen LogP contribution is -2.51. The lowest BCUT2D eigenvalue weighted by atomic mass is 10.0. The van der Waals surface area contributed by atoms with E-state index in [-0.39, 0.29) is 56.5 Å². The summed E-state index contributed by atoms with van der Waals surface area (Å²) < 4.78 is 0. The zero-order valence-corrected chi connectivity index (χ0v) is 29.5. The van der Waals surface area contributed by atoms with E-state index < -0.39 is 23.9 Å². The molecule has 2 fully saturated rings. The Kier molecular flexibility index (Phi) is 20.4. The molecule has 1 atom stereocenters. The van der Waals surface area contributed by atoms with E-state index >= 15 is 0 Å². The molecule has 0 aromatic rings. The first-order chi connectivity index (χ1) is 23.8. The molecule has 8 N–H and O–H groups in total. The molecule has 18 heteroatoms. The Morgan fingerprint density at radius 3 is 1.44 bits per heavy atom. The number of unbranched alkanes of at least 4 members (excludes halogenated alkanes) is 1. The van der Waals surface area contributed by atoms with Crippen LogP contribution in [0.15, 0.2) is 0 Å². The van der Waals surface area contributed by atoms with Gasteiger partial charge in [0.15, 0.2) is 0 Å². The van der Waals surface area contributed by atoms with Crippen LogP contribution >= 0.6 is 0 Å². The van der Waals surface area contributed by atoms with Crippen molar-refractivity contribution < 1.29 is 44.1 Å². The summed E-state index contributed by atoms with van der Waals surface area (Å²) in [5, 5.41) is 36.9. The van der Waals surface area contributed by atoms with Gasteiger partial charge in [-0.05, 0) is 32.1 Å². The second-order valence-corrected chi connectivity index (χ2v) is 13.1. The molecule has 0 spiro atoms. The quantitative estimate of drug-likeness (QED) is 0.0668. The van der Waals surface area contributed by atoms with Gasteiger partial charge in [-0.25, -0.2) is 0 Å². The number of aliphatic carboxylic acids is 3. The van der Waals surface area contributed by atoms with Crippen LogP contribution < -0.4 is 21.7 Å². The Morgan fingerprint density at radius 1 is 0.600 bits per heavy atom. The molecule has 2 aliphatic heterocycles. The Morgan fingerprint density at radius 2 is 1.00 bits per heavy atom. The van der Waals surface area contributed by atoms with Gasteiger partial charge < -0.3 is 37.0 Å². The van der Waals surface area contributed by atoms with Crippen LogP contribution in [-0.2, 0) is 28.8 Å². The molecule has 2 rings (SSSR count). The number of carboxylic acids is 3. The highest BCUT2D eigenvalue weighted by atomic mass is 16.4. The topological polar surface area (TPSA) is 241 Å². The zero-order valence-electron chi connectivity index (χ0n) is 29.5. The number of hydrogen-bond donors (Lipinski definition) is 7. The van der Waals surface area contributed by atoms with E-state index in [4.69, 9.17) is 5.73 Å². The third kappa shape index (κ3) is 19.1. The molecule has 0 aromatic carbocycles. The van der Waals surface area contributed by atoms with Crippen molar-refractivity contribution in [3.05, 3.63) is 0 Å². The number of hydrogen-bond acceptors (Lipinski definition) is 12. The van der Waals surface area contributed by atoms with Gasteiger partial charge in [0, 0.05) is 84.6 Å². The first-order valence-corrected chi connectivity index (χ1v) is 17.7. The fourth-order valence-electron chi connectivity index (χ4n) is 5.96. The fraction of sp³-hybridized carbons (Fsp3) is 0.812. The SMILES string of the molecule is CCCCNC(=O)[C@H](N)CCCNC(=O)CN1CCC(NC(=O)CN2CCN(CC(=O)O)CCN(CC(=O)O)CCN(CC(=O)O)CC2)CC1. The monoisotopic (exact) mass is 713 g/mol. The number of amides is 3. The summed E-state index contributed by atoms with van der Waals surface area (Å²) >= 11 is 0. The van der Waals surface area contributed by atoms with E-state index in [9.17, 15) is 44.1 Å². The number of nitrogens with zero attached hydrogens (tertiary/aromatic N) is 5. The average molecular weight is 714 g/mol. The minimum absolute atomic E-state index is 0.0552. The van der Waals surface area contributed by atoms with E-state index in [0.29, 0.717) is 104 Å². The van der Waals surface area contributed by atoms with Crippen molar-refractivity contribution >= 4 is 35.6 Å². The molecule has 18 nitrogen and oxygen atoms in total. The average Bonchev–Trinajstić information content (AvgIpc) is 3.04. The molecule has 0 bridgehead atoms. The molecular formula is C32H59N9O9. The molecule has 0 unspecified atom stereocenters. The maximum atomic E-state index is 13.1. The predicted octanol–water partition coefficient (Wildman–Crippen LogP) is -2.82. The van der Waals surface area contributed by atoms with Gasteiger partial charge in [0.2, 0.25) is 17.7 Å². The maximum absolute atomic E-state index is 13.1. The summed E-state index contributed by atoms with van der Waals surface area (Å²) in [5.74, 6) is -3.50. The largest absolute Gasteiger partial charge is 0.480 e. The van der Waals surface area contributed by atoms with Crippen LogP contribution in [0.1, 0.15) is 45.4 Å². The molecule has 0 aliphatic carbocycles. The van der Waals surface area contributed by atoms with Gasteiger partial charge in [-0.1, -0.05) is 13.3 Å². The van der Waals surface area contributed by atoms with Gasteiger partial charge in [-0.2, -0.15) is 0 Å². The van der Waals surface area contributed by atoms with Crippen LogP contribution in [0.5, 0.6) is 0 Å². The Balaban J connectivity index is 1.81. The molecule has 0 radical (unpaired) electrons. The zero-order chi connectivity index (χ0) is 36.9. The summed E-state index contributed by atoms with van der Waals surface area (Å²) in [6, 6.07) is -0.659. The van der Waals surface area contributed by atoms with Gasteiger partial charge in [0.05, 0.1) is 38.8 Å². The lowest BCUT2D eigenvalue weighted by molar-refractivity contribution is -0.140. The number of carboxylic acid groups (broad SMARTS) is 3. The van der Waals surface area contributed by atoms with E-state index in [1.54, 1.807) is 14.7 Å². The lowest BCUT2D eigenvalue weighted by Gasteiger charge is -2.34. The summed E-state index contributed by atoms with van der Waals surface area (Å²) in [5.41, 5.74) is 5.94. The van der Waals surface area contributed by atoms with Gasteiger partial charge in [0.1, 0.15) is 0 Å². The van der Waals surface area contributed by atoms with E-state index in [2.05, 4.69) is 16.0 Å². The number of nitrogens with two attached hydrogens (primary N) is 1. The highest BCUT2D eigenvalue weighted by Crippen LogP contribution is 2.10. The third-order valence-electron chi connectivity index (χ3n) is 8.87. The molecule has 50 heavy (non-hydrogen) atoms. The number of carbonyl (C=O) groups is 6. The van der Waals surface area contributed by atoms with Gasteiger partial charge in [-0.15, -0.1) is 0 Å². The first-order valence-electron chi connectivity index (χ1n) is 17.7. The highest BCUT2D eigenvalue weighted by molar-refractivity contribution is 5.81. The van der Waals surface area contributed by atoms with Crippen molar-refractivity contribution in [1.82, 2.24) is 40.4 Å². The normalized spacial score (nSPS) is 19.1. The van der Waals surface area contributed by atoms with Gasteiger partial charge >= 0.3 is 17.9 Å². The molecular weight excluding hydrogens is 654 g/mol. The van der Waals surface area contributed by atoms with Crippen molar-refractivity contribution in [2.45, 2.75) is 57.5 Å². The van der Waals surface area contributed by atoms with Gasteiger partial charge in [0.25, 0.3) is 0 Å². The molecule has 286 valence electrons. The predicted molar refractivity (Wildman–Crippen MR) is 184 cm³/mol. The number of rotatable bonds is 19. The molecule has 2 heterocycles.